The van der Waals surface area contributed by atoms with Crippen LogP contribution in [0.1, 0.15) is 28.3 Å². The van der Waals surface area contributed by atoms with Crippen molar-refractivity contribution in [1.29, 1.82) is 0 Å². The van der Waals surface area contributed by atoms with Gasteiger partial charge >= 0.3 is 0 Å². The average Bonchev–Trinajstić information content (AvgIpc) is 2.45. The standard InChI is InChI=1S/C18H23NOS/c1-13-9-10-18(15(3)11-13)21(20)12-17(19-4)16-8-6-5-7-14(16)2/h5-11,17,19H,12H2,1-4H3. The summed E-state index contributed by atoms with van der Waals surface area (Å²) < 4.78 is 12.7. The molecular formula is C18H23NOS. The first-order valence-electron chi connectivity index (χ1n) is 7.21. The summed E-state index contributed by atoms with van der Waals surface area (Å²) in [6.07, 6.45) is 0. The van der Waals surface area contributed by atoms with Gasteiger partial charge in [-0.05, 0) is 50.6 Å². The van der Waals surface area contributed by atoms with Gasteiger partial charge < -0.3 is 5.32 Å². The zero-order chi connectivity index (χ0) is 15.4. The Balaban J connectivity index is 2.23. The highest BCUT2D eigenvalue weighted by molar-refractivity contribution is 7.85. The minimum Gasteiger partial charge on any atom is -0.312 e. The molecular weight excluding hydrogens is 278 g/mol. The number of aryl methyl sites for hydroxylation is 3. The molecule has 0 amide bonds. The van der Waals surface area contributed by atoms with Crippen LogP contribution in [0.4, 0.5) is 0 Å². The van der Waals surface area contributed by atoms with Crippen LogP contribution in [0.2, 0.25) is 0 Å². The molecule has 0 radical (unpaired) electrons. The molecule has 0 fully saturated rings. The van der Waals surface area contributed by atoms with Gasteiger partial charge in [-0.15, -0.1) is 0 Å². The molecule has 0 saturated carbocycles. The third-order valence-electron chi connectivity index (χ3n) is 3.81. The van der Waals surface area contributed by atoms with Gasteiger partial charge in [0.25, 0.3) is 0 Å². The fraction of sp³-hybridized carbons (Fsp3) is 0.333. The van der Waals surface area contributed by atoms with Gasteiger partial charge in [0.1, 0.15) is 0 Å². The number of hydrogen-bond donors (Lipinski definition) is 1. The van der Waals surface area contributed by atoms with E-state index in [1.54, 1.807) is 0 Å². The Bertz CT molecular complexity index is 651. The van der Waals surface area contributed by atoms with Crippen molar-refractivity contribution >= 4 is 10.8 Å². The Kier molecular flexibility index (Phi) is 5.32. The zero-order valence-corrected chi connectivity index (χ0v) is 14.0. The highest BCUT2D eigenvalue weighted by Gasteiger charge is 2.17. The van der Waals surface area contributed by atoms with Crippen LogP contribution in [0.15, 0.2) is 47.4 Å². The van der Waals surface area contributed by atoms with Crippen molar-refractivity contribution in [3.8, 4) is 0 Å². The first-order chi connectivity index (χ1) is 10.0. The van der Waals surface area contributed by atoms with E-state index in [0.717, 1.165) is 10.5 Å². The molecule has 3 heteroatoms. The number of rotatable bonds is 5. The molecule has 0 aliphatic heterocycles. The monoisotopic (exact) mass is 301 g/mol. The second-order valence-electron chi connectivity index (χ2n) is 5.48. The number of nitrogens with one attached hydrogen (secondary N) is 1. The summed E-state index contributed by atoms with van der Waals surface area (Å²) in [5, 5.41) is 3.30. The Morgan fingerprint density at radius 1 is 1.05 bits per heavy atom. The normalized spacial score (nSPS) is 13.9. The maximum atomic E-state index is 12.7. The summed E-state index contributed by atoms with van der Waals surface area (Å²) in [7, 11) is 0.922. The number of hydrogen-bond acceptors (Lipinski definition) is 2. The van der Waals surface area contributed by atoms with E-state index in [4.69, 9.17) is 0 Å². The Labute approximate surface area is 130 Å². The predicted molar refractivity (Wildman–Crippen MR) is 90.2 cm³/mol. The SMILES string of the molecule is CNC(CS(=O)c1ccc(C)cc1C)c1ccccc1C. The average molecular weight is 301 g/mol. The van der Waals surface area contributed by atoms with Crippen molar-refractivity contribution in [3.63, 3.8) is 0 Å². The predicted octanol–water partition coefficient (Wildman–Crippen LogP) is 3.68. The lowest BCUT2D eigenvalue weighted by Gasteiger charge is -2.19. The third-order valence-corrected chi connectivity index (χ3v) is 5.39. The van der Waals surface area contributed by atoms with Crippen LogP contribution in [0.3, 0.4) is 0 Å². The molecule has 21 heavy (non-hydrogen) atoms. The Hall–Kier alpha value is -1.45. The highest BCUT2D eigenvalue weighted by Crippen LogP contribution is 2.22. The fourth-order valence-corrected chi connectivity index (χ4v) is 4.07. The van der Waals surface area contributed by atoms with Gasteiger partial charge in [-0.2, -0.15) is 0 Å². The molecule has 0 heterocycles. The molecule has 2 unspecified atom stereocenters. The molecule has 1 N–H and O–H groups in total. The van der Waals surface area contributed by atoms with Gasteiger partial charge in [0.15, 0.2) is 0 Å². The van der Waals surface area contributed by atoms with Crippen LogP contribution in [-0.2, 0) is 10.8 Å². The van der Waals surface area contributed by atoms with Crippen LogP contribution in [0.5, 0.6) is 0 Å². The number of benzene rings is 2. The second-order valence-corrected chi connectivity index (χ2v) is 6.94. The zero-order valence-electron chi connectivity index (χ0n) is 13.1. The lowest BCUT2D eigenvalue weighted by Crippen LogP contribution is -2.23. The topological polar surface area (TPSA) is 29.1 Å². The molecule has 2 atom stereocenters. The third kappa shape index (κ3) is 3.80. The van der Waals surface area contributed by atoms with E-state index in [1.165, 1.54) is 16.7 Å². The van der Waals surface area contributed by atoms with Crippen molar-refractivity contribution in [2.45, 2.75) is 31.7 Å². The van der Waals surface area contributed by atoms with Gasteiger partial charge in [-0.1, -0.05) is 42.0 Å². The fourth-order valence-electron chi connectivity index (χ4n) is 2.60. The summed E-state index contributed by atoms with van der Waals surface area (Å²) in [5.74, 6) is 0.589. The molecule has 2 nitrogen and oxygen atoms in total. The van der Waals surface area contributed by atoms with Gasteiger partial charge in [0.2, 0.25) is 0 Å². The minimum atomic E-state index is -1.00. The van der Waals surface area contributed by atoms with Crippen molar-refractivity contribution in [2.24, 2.45) is 0 Å². The summed E-state index contributed by atoms with van der Waals surface area (Å²) in [6.45, 7) is 6.19. The van der Waals surface area contributed by atoms with Crippen molar-refractivity contribution in [2.75, 3.05) is 12.8 Å². The van der Waals surface area contributed by atoms with E-state index in [1.807, 2.05) is 38.2 Å². The lowest BCUT2D eigenvalue weighted by molar-refractivity contribution is 0.633. The minimum absolute atomic E-state index is 0.104. The van der Waals surface area contributed by atoms with Crippen LogP contribution in [0, 0.1) is 20.8 Å². The van der Waals surface area contributed by atoms with E-state index in [9.17, 15) is 4.21 Å². The molecule has 2 rings (SSSR count). The molecule has 0 bridgehead atoms. The summed E-state index contributed by atoms with van der Waals surface area (Å²) in [6, 6.07) is 14.5. The van der Waals surface area contributed by atoms with E-state index >= 15 is 0 Å². The lowest BCUT2D eigenvalue weighted by atomic mass is 10.0. The second kappa shape index (κ2) is 7.01. The van der Waals surface area contributed by atoms with E-state index < -0.39 is 10.8 Å². The summed E-state index contributed by atoms with van der Waals surface area (Å²) >= 11 is 0. The van der Waals surface area contributed by atoms with Crippen LogP contribution < -0.4 is 5.32 Å². The molecule has 0 aliphatic carbocycles. The van der Waals surface area contributed by atoms with E-state index in [-0.39, 0.29) is 6.04 Å². The van der Waals surface area contributed by atoms with Crippen molar-refractivity contribution < 1.29 is 4.21 Å². The highest BCUT2D eigenvalue weighted by atomic mass is 32.2. The van der Waals surface area contributed by atoms with Crippen molar-refractivity contribution in [3.05, 3.63) is 64.7 Å². The van der Waals surface area contributed by atoms with Gasteiger partial charge in [-0.25, -0.2) is 0 Å². The first-order valence-corrected chi connectivity index (χ1v) is 8.53. The van der Waals surface area contributed by atoms with Gasteiger partial charge in [0.05, 0.1) is 10.8 Å². The molecule has 0 spiro atoms. The molecule has 2 aromatic rings. The van der Waals surface area contributed by atoms with E-state index in [2.05, 4.69) is 37.4 Å². The Morgan fingerprint density at radius 3 is 2.38 bits per heavy atom. The first kappa shape index (κ1) is 15.9. The van der Waals surface area contributed by atoms with Crippen molar-refractivity contribution in [1.82, 2.24) is 5.32 Å². The Morgan fingerprint density at radius 2 is 1.76 bits per heavy atom. The maximum Gasteiger partial charge on any atom is 0.0551 e. The van der Waals surface area contributed by atoms with Gasteiger partial charge in [0, 0.05) is 16.7 Å². The smallest absolute Gasteiger partial charge is 0.0551 e. The summed E-state index contributed by atoms with van der Waals surface area (Å²) in [5.41, 5.74) is 4.76. The van der Waals surface area contributed by atoms with Crippen LogP contribution >= 0.6 is 0 Å². The largest absolute Gasteiger partial charge is 0.312 e. The molecule has 2 aromatic carbocycles. The molecule has 112 valence electrons. The van der Waals surface area contributed by atoms with Crippen LogP contribution in [0.25, 0.3) is 0 Å². The van der Waals surface area contributed by atoms with Crippen LogP contribution in [-0.4, -0.2) is 17.0 Å². The van der Waals surface area contributed by atoms with Gasteiger partial charge in [-0.3, -0.25) is 4.21 Å². The molecule has 0 aromatic heterocycles. The molecule has 0 aliphatic rings. The maximum absolute atomic E-state index is 12.7. The molecule has 0 saturated heterocycles. The quantitative estimate of drug-likeness (QED) is 0.913. The summed E-state index contributed by atoms with van der Waals surface area (Å²) in [4.78, 5) is 0.939. The van der Waals surface area contributed by atoms with E-state index in [0.29, 0.717) is 5.75 Å².